The van der Waals surface area contributed by atoms with E-state index in [-0.39, 0.29) is 22.3 Å². The number of anilines is 2. The molecule has 0 atom stereocenters. The molecule has 1 aromatic heterocycles. The van der Waals surface area contributed by atoms with Crippen molar-refractivity contribution in [3.63, 3.8) is 0 Å². The smallest absolute Gasteiger partial charge is 0.180 e. The highest BCUT2D eigenvalue weighted by Gasteiger charge is 2.29. The molecule has 0 bridgehead atoms. The van der Waals surface area contributed by atoms with Crippen LogP contribution < -0.4 is 10.6 Å². The molecule has 0 aliphatic heterocycles. The summed E-state index contributed by atoms with van der Waals surface area (Å²) in [4.78, 5) is 14.5. The normalized spacial score (nSPS) is 12.2. The van der Waals surface area contributed by atoms with Gasteiger partial charge in [0, 0.05) is 25.8 Å². The highest BCUT2D eigenvalue weighted by Crippen LogP contribution is 2.42. The Kier molecular flexibility index (Phi) is 5.44. The van der Waals surface area contributed by atoms with Crippen LogP contribution in [0.2, 0.25) is 0 Å². The number of nitrogens with two attached hydrogens (primary N) is 1. The van der Waals surface area contributed by atoms with E-state index in [1.165, 1.54) is 11.3 Å². The maximum Gasteiger partial charge on any atom is 0.180 e. The number of carbonyl (C=O) groups excluding carboxylic acids is 1. The lowest BCUT2D eigenvalue weighted by atomic mass is 10.1. The Morgan fingerprint density at radius 2 is 1.81 bits per heavy atom. The summed E-state index contributed by atoms with van der Waals surface area (Å²) in [5.41, 5.74) is 6.07. The number of nitrogens with zero attached hydrogens (tertiary/aromatic N) is 1. The minimum atomic E-state index is -3.49. The summed E-state index contributed by atoms with van der Waals surface area (Å²) >= 11 is 1.17. The summed E-state index contributed by atoms with van der Waals surface area (Å²) in [6, 6.07) is 0. The summed E-state index contributed by atoms with van der Waals surface area (Å²) in [5, 5.41) is 0.549. The Morgan fingerprint density at radius 3 is 2.19 bits per heavy atom. The molecule has 0 radical (unpaired) electrons. The van der Waals surface area contributed by atoms with Crippen LogP contribution in [0.25, 0.3) is 0 Å². The third-order valence-electron chi connectivity index (χ3n) is 2.99. The molecule has 0 spiro atoms. The minimum absolute atomic E-state index is 0.0830. The van der Waals surface area contributed by atoms with Crippen molar-refractivity contribution in [1.82, 2.24) is 0 Å². The zero-order valence-corrected chi connectivity index (χ0v) is 15.1. The number of nitrogen functional groups attached to an aromatic ring is 1. The summed E-state index contributed by atoms with van der Waals surface area (Å²) in [6.45, 7) is 8.34. The first-order valence-corrected chi connectivity index (χ1v) is 9.55. The number of sulfone groups is 1. The van der Waals surface area contributed by atoms with Gasteiger partial charge in [0.15, 0.2) is 15.6 Å². The largest absolute Gasteiger partial charge is 0.396 e. The molecule has 1 heterocycles. The summed E-state index contributed by atoms with van der Waals surface area (Å²) in [5.74, 6) is 0.0307. The molecule has 0 saturated heterocycles. The predicted octanol–water partition coefficient (Wildman–Crippen LogP) is 2.66. The fourth-order valence-electron chi connectivity index (χ4n) is 2.10. The van der Waals surface area contributed by atoms with E-state index < -0.39 is 9.84 Å². The van der Waals surface area contributed by atoms with Gasteiger partial charge < -0.3 is 10.6 Å². The Morgan fingerprint density at radius 1 is 1.29 bits per heavy atom. The molecule has 0 aliphatic rings. The van der Waals surface area contributed by atoms with Crippen LogP contribution >= 0.6 is 11.3 Å². The third kappa shape index (κ3) is 3.97. The second kappa shape index (κ2) is 6.36. The third-order valence-corrected chi connectivity index (χ3v) is 5.61. The maximum atomic E-state index is 12.2. The molecule has 120 valence electrons. The van der Waals surface area contributed by atoms with Crippen molar-refractivity contribution in [1.29, 1.82) is 0 Å². The molecular formula is C14H24N2O3S2. The average Bonchev–Trinajstić information content (AvgIpc) is 2.64. The number of hydrogen-bond donors (Lipinski definition) is 1. The molecule has 7 heteroatoms. The van der Waals surface area contributed by atoms with Gasteiger partial charge in [-0.15, -0.1) is 11.3 Å². The Bertz CT molecular complexity index is 631. The van der Waals surface area contributed by atoms with Gasteiger partial charge in [-0.2, -0.15) is 0 Å². The van der Waals surface area contributed by atoms with Gasteiger partial charge in [0.2, 0.25) is 0 Å². The Labute approximate surface area is 131 Å². The second-order valence-electron chi connectivity index (χ2n) is 6.04. The van der Waals surface area contributed by atoms with Gasteiger partial charge in [-0.3, -0.25) is 4.79 Å². The van der Waals surface area contributed by atoms with Crippen molar-refractivity contribution in [3.8, 4) is 0 Å². The van der Waals surface area contributed by atoms with Gasteiger partial charge in [0.25, 0.3) is 0 Å². The first-order valence-electron chi connectivity index (χ1n) is 6.84. The number of ketones is 1. The van der Waals surface area contributed by atoms with E-state index in [0.29, 0.717) is 22.3 Å². The lowest BCUT2D eigenvalue weighted by Gasteiger charge is -2.20. The number of Topliss-reactive ketones (excluding diaryl/α,β-unsaturated/α-hetero) is 1. The predicted molar refractivity (Wildman–Crippen MR) is 89.1 cm³/mol. The molecule has 5 nitrogen and oxygen atoms in total. The van der Waals surface area contributed by atoms with Gasteiger partial charge in [0.05, 0.1) is 10.6 Å². The van der Waals surface area contributed by atoms with E-state index in [1.807, 2.05) is 25.8 Å². The summed E-state index contributed by atoms with van der Waals surface area (Å²) < 4.78 is 24.1. The lowest BCUT2D eigenvalue weighted by Crippen LogP contribution is -2.23. The molecule has 0 aliphatic carbocycles. The molecule has 1 aromatic rings. The molecular weight excluding hydrogens is 308 g/mol. The van der Waals surface area contributed by atoms with E-state index >= 15 is 0 Å². The van der Waals surface area contributed by atoms with Crippen LogP contribution in [0.1, 0.15) is 37.4 Å². The molecule has 0 unspecified atom stereocenters. The molecule has 2 N–H and O–H groups in total. The van der Waals surface area contributed by atoms with Crippen molar-refractivity contribution >= 4 is 37.6 Å². The number of thiophene rings is 1. The highest BCUT2D eigenvalue weighted by atomic mass is 32.2. The summed E-state index contributed by atoms with van der Waals surface area (Å²) in [7, 11) is -1.67. The maximum absolute atomic E-state index is 12.2. The standard InChI is InChI=1S/C14H24N2O3S2/c1-8(2)7-16(5)14-13(21(6,18)19)10(15)12(20-14)11(17)9(3)4/h8-9H,7,15H2,1-6H3. The average molecular weight is 332 g/mol. The van der Waals surface area contributed by atoms with Crippen molar-refractivity contribution in [2.24, 2.45) is 11.8 Å². The van der Waals surface area contributed by atoms with Crippen LogP contribution in [0, 0.1) is 11.8 Å². The summed E-state index contributed by atoms with van der Waals surface area (Å²) in [6.07, 6.45) is 1.13. The fraction of sp³-hybridized carbons (Fsp3) is 0.643. The monoisotopic (exact) mass is 332 g/mol. The van der Waals surface area contributed by atoms with Gasteiger partial charge in [-0.05, 0) is 5.92 Å². The van der Waals surface area contributed by atoms with Crippen molar-refractivity contribution in [2.75, 3.05) is 30.5 Å². The SMILES string of the molecule is CC(C)CN(C)c1sc(C(=O)C(C)C)c(N)c1S(C)(=O)=O. The second-order valence-corrected chi connectivity index (χ2v) is 9.00. The molecule has 0 amide bonds. The van der Waals surface area contributed by atoms with Crippen molar-refractivity contribution in [3.05, 3.63) is 4.88 Å². The van der Waals surface area contributed by atoms with Gasteiger partial charge in [0.1, 0.15) is 9.90 Å². The highest BCUT2D eigenvalue weighted by molar-refractivity contribution is 7.91. The number of carbonyl (C=O) groups is 1. The van der Waals surface area contributed by atoms with E-state index in [1.54, 1.807) is 13.8 Å². The van der Waals surface area contributed by atoms with Crippen LogP contribution in [-0.4, -0.2) is 34.0 Å². The fourth-order valence-corrected chi connectivity index (χ4v) is 4.89. The van der Waals surface area contributed by atoms with Gasteiger partial charge in [-0.1, -0.05) is 27.7 Å². The van der Waals surface area contributed by atoms with E-state index in [9.17, 15) is 13.2 Å². The number of rotatable bonds is 6. The van der Waals surface area contributed by atoms with Gasteiger partial charge >= 0.3 is 0 Å². The number of hydrogen-bond acceptors (Lipinski definition) is 6. The van der Waals surface area contributed by atoms with Crippen LogP contribution in [0.15, 0.2) is 4.90 Å². The zero-order chi connectivity index (χ0) is 16.5. The quantitative estimate of drug-likeness (QED) is 0.810. The molecule has 1 rings (SSSR count). The van der Waals surface area contributed by atoms with Crippen molar-refractivity contribution in [2.45, 2.75) is 32.6 Å². The lowest BCUT2D eigenvalue weighted by molar-refractivity contribution is 0.0944. The van der Waals surface area contributed by atoms with Crippen molar-refractivity contribution < 1.29 is 13.2 Å². The van der Waals surface area contributed by atoms with E-state index in [0.717, 1.165) is 6.26 Å². The van der Waals surface area contributed by atoms with Crippen LogP contribution in [0.4, 0.5) is 10.7 Å². The van der Waals surface area contributed by atoms with Crippen LogP contribution in [0.3, 0.4) is 0 Å². The Hall–Kier alpha value is -1.08. The zero-order valence-electron chi connectivity index (χ0n) is 13.4. The van der Waals surface area contributed by atoms with Crippen LogP contribution in [-0.2, 0) is 9.84 Å². The topological polar surface area (TPSA) is 80.5 Å². The Balaban J connectivity index is 3.49. The van der Waals surface area contributed by atoms with Gasteiger partial charge in [-0.25, -0.2) is 8.42 Å². The molecule has 21 heavy (non-hydrogen) atoms. The first-order chi connectivity index (χ1) is 9.46. The molecule has 0 aromatic carbocycles. The molecule has 0 fully saturated rings. The molecule has 0 saturated carbocycles. The van der Waals surface area contributed by atoms with Crippen LogP contribution in [0.5, 0.6) is 0 Å². The van der Waals surface area contributed by atoms with E-state index in [2.05, 4.69) is 0 Å². The van der Waals surface area contributed by atoms with E-state index in [4.69, 9.17) is 5.73 Å². The first kappa shape index (κ1) is 18.0. The minimum Gasteiger partial charge on any atom is -0.396 e.